The third-order valence-corrected chi connectivity index (χ3v) is 3.47. The molecule has 2 heterocycles. The molecule has 0 bridgehead atoms. The van der Waals surface area contributed by atoms with Crippen LogP contribution < -0.4 is 15.6 Å². The molecule has 0 spiro atoms. The van der Waals surface area contributed by atoms with Crippen molar-refractivity contribution in [2.45, 2.75) is 6.18 Å². The summed E-state index contributed by atoms with van der Waals surface area (Å²) in [7, 11) is 0. The number of alkyl halides is 3. The number of halogens is 5. The zero-order chi connectivity index (χ0) is 17.6. The normalized spacial score (nSPS) is 14.0. The molecule has 24 heavy (non-hydrogen) atoms. The van der Waals surface area contributed by atoms with Gasteiger partial charge in [-0.1, -0.05) is 11.6 Å². The molecule has 6 nitrogen and oxygen atoms in total. The molecule has 126 valence electrons. The number of benzene rings is 1. The molecule has 1 aromatic carbocycles. The van der Waals surface area contributed by atoms with Gasteiger partial charge in [-0.05, 0) is 6.07 Å². The second-order valence-electron chi connectivity index (χ2n) is 4.72. The molecule has 0 atom stereocenters. The number of anilines is 1. The molecule has 0 saturated heterocycles. The number of hydrogen-bond donors (Lipinski definition) is 1. The van der Waals surface area contributed by atoms with Crippen molar-refractivity contribution in [3.63, 3.8) is 0 Å². The largest absolute Gasteiger partial charge is 0.481 e. The van der Waals surface area contributed by atoms with Gasteiger partial charge in [-0.2, -0.15) is 13.2 Å². The van der Waals surface area contributed by atoms with E-state index in [0.29, 0.717) is 10.9 Å². The minimum Gasteiger partial charge on any atom is -0.481 e. The molecule has 3 rings (SSSR count). The molecule has 0 saturated carbocycles. The number of amides is 1. The first-order valence-electron chi connectivity index (χ1n) is 6.29. The van der Waals surface area contributed by atoms with Crippen molar-refractivity contribution in [3.05, 3.63) is 45.3 Å². The molecule has 0 radical (unpaired) electrons. The Morgan fingerprint density at radius 3 is 2.67 bits per heavy atom. The molecule has 1 aromatic heterocycles. The van der Waals surface area contributed by atoms with Gasteiger partial charge in [0, 0.05) is 6.07 Å². The fourth-order valence-electron chi connectivity index (χ4n) is 2.08. The number of carbonyl (C=O) groups excluding carboxylic acids is 1. The minimum absolute atomic E-state index is 0.0230. The lowest BCUT2D eigenvalue weighted by Gasteiger charge is -2.19. The molecule has 1 aliphatic rings. The summed E-state index contributed by atoms with van der Waals surface area (Å²) in [5.41, 5.74) is -3.25. The fourth-order valence-corrected chi connectivity index (χ4v) is 2.32. The van der Waals surface area contributed by atoms with Crippen LogP contribution in [0.25, 0.3) is 5.69 Å². The molecule has 0 unspecified atom stereocenters. The number of rotatable bonds is 1. The number of nitrogens with one attached hydrogen (secondary N) is 1. The third-order valence-electron chi connectivity index (χ3n) is 3.13. The van der Waals surface area contributed by atoms with Gasteiger partial charge in [0.15, 0.2) is 18.1 Å². The highest BCUT2D eigenvalue weighted by molar-refractivity contribution is 6.31. The van der Waals surface area contributed by atoms with E-state index >= 15 is 0 Å². The summed E-state index contributed by atoms with van der Waals surface area (Å²) >= 11 is 5.42. The Labute approximate surface area is 135 Å². The van der Waals surface area contributed by atoms with Crippen molar-refractivity contribution < 1.29 is 27.1 Å². The van der Waals surface area contributed by atoms with E-state index in [2.05, 4.69) is 10.3 Å². The lowest BCUT2D eigenvalue weighted by atomic mass is 10.2. The van der Waals surface area contributed by atoms with Crippen LogP contribution in [0.4, 0.5) is 23.2 Å². The number of carbonyl (C=O) groups is 1. The van der Waals surface area contributed by atoms with Crippen molar-refractivity contribution in [1.82, 2.24) is 9.55 Å². The molecule has 11 heteroatoms. The minimum atomic E-state index is -4.93. The van der Waals surface area contributed by atoms with Gasteiger partial charge in [-0.3, -0.25) is 14.2 Å². The molecular weight excluding hydrogens is 358 g/mol. The number of fused-ring (bicyclic) bond motifs is 1. The Hall–Kier alpha value is -2.62. The Bertz CT molecular complexity index is 911. The Morgan fingerprint density at radius 1 is 1.29 bits per heavy atom. The van der Waals surface area contributed by atoms with Crippen LogP contribution in [0.5, 0.6) is 5.75 Å². The SMILES string of the molecule is O=C1COc2cc(F)c(-n3cnc(C(F)(F)F)c(Cl)c3=O)cc2N1. The molecule has 1 N–H and O–H groups in total. The van der Waals surface area contributed by atoms with Crippen LogP contribution >= 0.6 is 11.6 Å². The van der Waals surface area contributed by atoms with Crippen LogP contribution in [0, 0.1) is 5.82 Å². The van der Waals surface area contributed by atoms with E-state index in [0.717, 1.165) is 12.1 Å². The second kappa shape index (κ2) is 5.48. The quantitative estimate of drug-likeness (QED) is 0.790. The van der Waals surface area contributed by atoms with Gasteiger partial charge in [-0.15, -0.1) is 0 Å². The highest BCUT2D eigenvalue weighted by Gasteiger charge is 2.37. The van der Waals surface area contributed by atoms with Crippen molar-refractivity contribution in [1.29, 1.82) is 0 Å². The molecule has 0 aliphatic carbocycles. The van der Waals surface area contributed by atoms with E-state index in [9.17, 15) is 27.2 Å². The maximum absolute atomic E-state index is 14.2. The smallest absolute Gasteiger partial charge is 0.435 e. The second-order valence-corrected chi connectivity index (χ2v) is 5.09. The predicted molar refractivity (Wildman–Crippen MR) is 73.9 cm³/mol. The number of nitrogens with zero attached hydrogens (tertiary/aromatic N) is 2. The van der Waals surface area contributed by atoms with Gasteiger partial charge in [0.1, 0.15) is 17.1 Å². The predicted octanol–water partition coefficient (Wildman–Crippen LogP) is 2.37. The molecular formula is C13H6ClF4N3O3. The van der Waals surface area contributed by atoms with E-state index in [1.165, 1.54) is 0 Å². The molecule has 1 aliphatic heterocycles. The highest BCUT2D eigenvalue weighted by Crippen LogP contribution is 2.33. The van der Waals surface area contributed by atoms with Gasteiger partial charge in [0.25, 0.3) is 11.5 Å². The lowest BCUT2D eigenvalue weighted by Crippen LogP contribution is -2.27. The monoisotopic (exact) mass is 363 g/mol. The van der Waals surface area contributed by atoms with Crippen molar-refractivity contribution in [3.8, 4) is 11.4 Å². The fraction of sp³-hybridized carbons (Fsp3) is 0.154. The Balaban J connectivity index is 2.17. The summed E-state index contributed by atoms with van der Waals surface area (Å²) in [6, 6.07) is 1.93. The number of ether oxygens (including phenoxy) is 1. The third kappa shape index (κ3) is 2.68. The lowest BCUT2D eigenvalue weighted by molar-refractivity contribution is -0.141. The first-order valence-corrected chi connectivity index (χ1v) is 6.67. The molecule has 2 aromatic rings. The van der Waals surface area contributed by atoms with Gasteiger partial charge in [0.05, 0.1) is 11.4 Å². The Morgan fingerprint density at radius 2 is 2.00 bits per heavy atom. The maximum Gasteiger partial charge on any atom is 0.435 e. The van der Waals surface area contributed by atoms with E-state index in [4.69, 9.17) is 16.3 Å². The van der Waals surface area contributed by atoms with E-state index in [1.54, 1.807) is 0 Å². The van der Waals surface area contributed by atoms with Crippen molar-refractivity contribution in [2.75, 3.05) is 11.9 Å². The van der Waals surface area contributed by atoms with Gasteiger partial charge in [-0.25, -0.2) is 9.37 Å². The van der Waals surface area contributed by atoms with Crippen molar-refractivity contribution >= 4 is 23.2 Å². The van der Waals surface area contributed by atoms with Gasteiger partial charge in [0.2, 0.25) is 0 Å². The average Bonchev–Trinajstić information content (AvgIpc) is 2.49. The van der Waals surface area contributed by atoms with Crippen LogP contribution in [0.1, 0.15) is 5.69 Å². The number of aromatic nitrogens is 2. The maximum atomic E-state index is 14.2. The van der Waals surface area contributed by atoms with Crippen LogP contribution in [-0.2, 0) is 11.0 Å². The standard InChI is InChI=1S/C13H6ClF4N3O3/c14-10-11(13(16,17)18)19-4-21(12(10)23)7-2-6-8(1-5(7)15)24-3-9(22)20-6/h1-2,4H,3H2,(H,20,22). The van der Waals surface area contributed by atoms with E-state index in [1.807, 2.05) is 0 Å². The average molecular weight is 364 g/mol. The zero-order valence-corrected chi connectivity index (χ0v) is 12.2. The molecule has 1 amide bonds. The van der Waals surface area contributed by atoms with Crippen LogP contribution in [0.2, 0.25) is 5.02 Å². The van der Waals surface area contributed by atoms with E-state index in [-0.39, 0.29) is 18.0 Å². The van der Waals surface area contributed by atoms with Crippen molar-refractivity contribution in [2.24, 2.45) is 0 Å². The topological polar surface area (TPSA) is 73.2 Å². The first-order chi connectivity index (χ1) is 11.2. The van der Waals surface area contributed by atoms with E-state index < -0.39 is 39.9 Å². The summed E-state index contributed by atoms with van der Waals surface area (Å²) in [5, 5.41) is 1.20. The summed E-state index contributed by atoms with van der Waals surface area (Å²) in [6.07, 6.45) is -4.42. The highest BCUT2D eigenvalue weighted by atomic mass is 35.5. The summed E-state index contributed by atoms with van der Waals surface area (Å²) < 4.78 is 57.7. The van der Waals surface area contributed by atoms with Gasteiger partial charge < -0.3 is 10.1 Å². The number of hydrogen-bond acceptors (Lipinski definition) is 4. The Kier molecular flexibility index (Phi) is 3.71. The zero-order valence-electron chi connectivity index (χ0n) is 11.4. The summed E-state index contributed by atoms with van der Waals surface area (Å²) in [4.78, 5) is 26.4. The van der Waals surface area contributed by atoms with Crippen LogP contribution in [-0.4, -0.2) is 22.1 Å². The summed E-state index contributed by atoms with van der Waals surface area (Å²) in [6.45, 7) is -0.306. The van der Waals surface area contributed by atoms with Crippen LogP contribution in [0.3, 0.4) is 0 Å². The van der Waals surface area contributed by atoms with Crippen LogP contribution in [0.15, 0.2) is 23.3 Å². The molecule has 0 fully saturated rings. The first kappa shape index (κ1) is 16.2. The summed E-state index contributed by atoms with van der Waals surface area (Å²) in [5.74, 6) is -1.45. The van der Waals surface area contributed by atoms with Gasteiger partial charge >= 0.3 is 6.18 Å².